The van der Waals surface area contributed by atoms with Crippen LogP contribution < -0.4 is 10.6 Å². The van der Waals surface area contributed by atoms with E-state index in [1.165, 1.54) is 4.90 Å². The van der Waals surface area contributed by atoms with Crippen LogP contribution in [-0.4, -0.2) is 41.4 Å². The summed E-state index contributed by atoms with van der Waals surface area (Å²) in [6.45, 7) is 5.17. The first-order valence-corrected chi connectivity index (χ1v) is 8.33. The van der Waals surface area contributed by atoms with Gasteiger partial charge in [-0.25, -0.2) is 4.79 Å². The number of nitrogens with zero attached hydrogens (tertiary/aromatic N) is 1. The van der Waals surface area contributed by atoms with Crippen LogP contribution in [0.3, 0.4) is 0 Å². The molecule has 122 valence electrons. The molecule has 2 N–H and O–H groups in total. The summed E-state index contributed by atoms with van der Waals surface area (Å²) in [6.07, 6.45) is 4.08. The highest BCUT2D eigenvalue weighted by atomic mass is 16.2. The highest BCUT2D eigenvalue weighted by Gasteiger charge is 2.58. The SMILES string of the molecule is CC(C)CCC1(C2CC2)NC(=O)N(CC2CNC(=O)C2)C1=O. The first-order valence-electron chi connectivity index (χ1n) is 8.33. The largest absolute Gasteiger partial charge is 0.356 e. The van der Waals surface area contributed by atoms with Crippen molar-refractivity contribution in [2.45, 2.75) is 51.5 Å². The predicted molar refractivity (Wildman–Crippen MR) is 80.9 cm³/mol. The summed E-state index contributed by atoms with van der Waals surface area (Å²) < 4.78 is 0. The van der Waals surface area contributed by atoms with Crippen molar-refractivity contribution in [3.8, 4) is 0 Å². The normalized spacial score (nSPS) is 31.9. The number of imide groups is 1. The fourth-order valence-electron chi connectivity index (χ4n) is 3.61. The third kappa shape index (κ3) is 2.71. The molecule has 1 aliphatic carbocycles. The van der Waals surface area contributed by atoms with Crippen LogP contribution in [-0.2, 0) is 9.59 Å². The molecule has 2 unspecified atom stereocenters. The van der Waals surface area contributed by atoms with Gasteiger partial charge in [0.1, 0.15) is 5.54 Å². The molecule has 1 saturated carbocycles. The molecule has 6 heteroatoms. The van der Waals surface area contributed by atoms with E-state index in [-0.39, 0.29) is 29.7 Å². The van der Waals surface area contributed by atoms with Crippen LogP contribution in [0.15, 0.2) is 0 Å². The second-order valence-corrected chi connectivity index (χ2v) is 7.40. The zero-order chi connectivity index (χ0) is 15.9. The molecule has 0 bridgehead atoms. The lowest BCUT2D eigenvalue weighted by Crippen LogP contribution is -2.49. The topological polar surface area (TPSA) is 78.5 Å². The molecule has 3 aliphatic rings. The Balaban J connectivity index is 1.72. The number of carbonyl (C=O) groups excluding carboxylic acids is 3. The minimum absolute atomic E-state index is 0.00492. The zero-order valence-corrected chi connectivity index (χ0v) is 13.4. The number of nitrogens with one attached hydrogen (secondary N) is 2. The second kappa shape index (κ2) is 5.56. The van der Waals surface area contributed by atoms with Gasteiger partial charge in [-0.1, -0.05) is 13.8 Å². The molecule has 2 atom stereocenters. The number of rotatable bonds is 6. The number of carbonyl (C=O) groups is 3. The Hall–Kier alpha value is -1.59. The third-order valence-electron chi connectivity index (χ3n) is 5.09. The summed E-state index contributed by atoms with van der Waals surface area (Å²) in [4.78, 5) is 37.9. The van der Waals surface area contributed by atoms with Crippen molar-refractivity contribution in [1.82, 2.24) is 15.5 Å². The summed E-state index contributed by atoms with van der Waals surface area (Å²) in [5.41, 5.74) is -0.683. The van der Waals surface area contributed by atoms with E-state index in [2.05, 4.69) is 24.5 Å². The quantitative estimate of drug-likeness (QED) is 0.725. The highest BCUT2D eigenvalue weighted by Crippen LogP contribution is 2.46. The summed E-state index contributed by atoms with van der Waals surface area (Å²) in [6, 6.07) is -0.278. The Bertz CT molecular complexity index is 501. The van der Waals surface area contributed by atoms with Gasteiger partial charge in [0.15, 0.2) is 0 Å². The molecule has 0 aromatic carbocycles. The zero-order valence-electron chi connectivity index (χ0n) is 13.4. The van der Waals surface area contributed by atoms with E-state index >= 15 is 0 Å². The lowest BCUT2D eigenvalue weighted by Gasteiger charge is -2.28. The Morgan fingerprint density at radius 1 is 1.27 bits per heavy atom. The first-order chi connectivity index (χ1) is 10.4. The molecule has 0 aromatic heterocycles. The molecule has 2 saturated heterocycles. The molecular formula is C16H25N3O3. The standard InChI is InChI=1S/C16H25N3O3/c1-10(2)5-6-16(12-3-4-12)14(21)19(15(22)18-16)9-11-7-13(20)17-8-11/h10-12H,3-9H2,1-2H3,(H,17,20)(H,18,22). The lowest BCUT2D eigenvalue weighted by molar-refractivity contribution is -0.133. The Morgan fingerprint density at radius 2 is 2.00 bits per heavy atom. The van der Waals surface area contributed by atoms with Crippen molar-refractivity contribution < 1.29 is 14.4 Å². The fourth-order valence-corrected chi connectivity index (χ4v) is 3.61. The number of hydrogen-bond donors (Lipinski definition) is 2. The van der Waals surface area contributed by atoms with Crippen molar-refractivity contribution in [2.24, 2.45) is 17.8 Å². The molecule has 4 amide bonds. The maximum atomic E-state index is 12.9. The van der Waals surface area contributed by atoms with Gasteiger partial charge in [0.25, 0.3) is 5.91 Å². The van der Waals surface area contributed by atoms with E-state index in [1.807, 2.05) is 0 Å². The van der Waals surface area contributed by atoms with E-state index in [9.17, 15) is 14.4 Å². The van der Waals surface area contributed by atoms with Crippen LogP contribution >= 0.6 is 0 Å². The molecule has 3 fully saturated rings. The van der Waals surface area contributed by atoms with Crippen molar-refractivity contribution in [3.05, 3.63) is 0 Å². The summed E-state index contributed by atoms with van der Waals surface area (Å²) >= 11 is 0. The Kier molecular flexibility index (Phi) is 3.87. The van der Waals surface area contributed by atoms with Crippen molar-refractivity contribution in [2.75, 3.05) is 13.1 Å². The minimum atomic E-state index is -0.683. The third-order valence-corrected chi connectivity index (χ3v) is 5.09. The average molecular weight is 307 g/mol. The monoisotopic (exact) mass is 307 g/mol. The fraction of sp³-hybridized carbons (Fsp3) is 0.812. The summed E-state index contributed by atoms with van der Waals surface area (Å²) in [5.74, 6) is 0.773. The van der Waals surface area contributed by atoms with Gasteiger partial charge in [-0.3, -0.25) is 14.5 Å². The van der Waals surface area contributed by atoms with E-state index in [0.717, 1.165) is 25.7 Å². The molecular weight excluding hydrogens is 282 g/mol. The number of hydrogen-bond acceptors (Lipinski definition) is 3. The average Bonchev–Trinajstić information content (AvgIpc) is 3.19. The van der Waals surface area contributed by atoms with Gasteiger partial charge in [-0.15, -0.1) is 0 Å². The van der Waals surface area contributed by atoms with Gasteiger partial charge in [-0.05, 0) is 37.5 Å². The molecule has 3 rings (SSSR count). The van der Waals surface area contributed by atoms with Crippen LogP contribution in [0.25, 0.3) is 0 Å². The first kappa shape index (κ1) is 15.3. The molecule has 0 aromatic rings. The molecule has 0 spiro atoms. The Morgan fingerprint density at radius 3 is 2.55 bits per heavy atom. The smallest absolute Gasteiger partial charge is 0.325 e. The minimum Gasteiger partial charge on any atom is -0.356 e. The molecule has 0 radical (unpaired) electrons. The Labute approximate surface area is 131 Å². The van der Waals surface area contributed by atoms with Gasteiger partial charge in [0.05, 0.1) is 0 Å². The maximum absolute atomic E-state index is 12.9. The molecule has 2 heterocycles. The summed E-state index contributed by atoms with van der Waals surface area (Å²) in [5, 5.41) is 5.76. The highest BCUT2D eigenvalue weighted by molar-refractivity contribution is 6.07. The van der Waals surface area contributed by atoms with Crippen LogP contribution in [0.4, 0.5) is 4.79 Å². The van der Waals surface area contributed by atoms with Gasteiger partial charge in [-0.2, -0.15) is 0 Å². The van der Waals surface area contributed by atoms with Gasteiger partial charge >= 0.3 is 6.03 Å². The molecule has 2 aliphatic heterocycles. The van der Waals surface area contributed by atoms with Crippen molar-refractivity contribution in [1.29, 1.82) is 0 Å². The van der Waals surface area contributed by atoms with E-state index in [0.29, 0.717) is 25.4 Å². The second-order valence-electron chi connectivity index (χ2n) is 7.40. The van der Waals surface area contributed by atoms with Crippen LogP contribution in [0, 0.1) is 17.8 Å². The maximum Gasteiger partial charge on any atom is 0.325 e. The van der Waals surface area contributed by atoms with Gasteiger partial charge in [0, 0.05) is 25.4 Å². The van der Waals surface area contributed by atoms with Gasteiger partial charge in [0.2, 0.25) is 5.91 Å². The van der Waals surface area contributed by atoms with E-state index in [4.69, 9.17) is 0 Å². The van der Waals surface area contributed by atoms with Crippen LogP contribution in [0.5, 0.6) is 0 Å². The summed E-state index contributed by atoms with van der Waals surface area (Å²) in [7, 11) is 0. The van der Waals surface area contributed by atoms with Crippen LogP contribution in [0.2, 0.25) is 0 Å². The van der Waals surface area contributed by atoms with Crippen LogP contribution in [0.1, 0.15) is 46.0 Å². The molecule has 22 heavy (non-hydrogen) atoms. The van der Waals surface area contributed by atoms with E-state index in [1.54, 1.807) is 0 Å². The molecule has 6 nitrogen and oxygen atoms in total. The van der Waals surface area contributed by atoms with Crippen molar-refractivity contribution >= 4 is 17.8 Å². The van der Waals surface area contributed by atoms with E-state index < -0.39 is 5.54 Å². The van der Waals surface area contributed by atoms with Crippen molar-refractivity contribution in [3.63, 3.8) is 0 Å². The lowest BCUT2D eigenvalue weighted by atomic mass is 9.85. The predicted octanol–water partition coefficient (Wildman–Crippen LogP) is 1.26. The van der Waals surface area contributed by atoms with Gasteiger partial charge < -0.3 is 10.6 Å². The number of amides is 4. The number of urea groups is 1.